The number of rotatable bonds is 6. The lowest BCUT2D eigenvalue weighted by molar-refractivity contribution is -0.148. The molecule has 1 aromatic carbocycles. The zero-order chi connectivity index (χ0) is 12.5. The molecular formula is C12H14ClNO3. The lowest BCUT2D eigenvalue weighted by atomic mass is 10.2. The molecule has 92 valence electrons. The molecule has 0 spiro atoms. The second-order valence-electron chi connectivity index (χ2n) is 3.25. The molecule has 0 aromatic heterocycles. The van der Waals surface area contributed by atoms with Crippen LogP contribution in [0.3, 0.4) is 0 Å². The van der Waals surface area contributed by atoms with Gasteiger partial charge in [0.2, 0.25) is 6.61 Å². The number of hydrogen-bond acceptors (Lipinski definition) is 4. The molecule has 1 rings (SSSR count). The van der Waals surface area contributed by atoms with Crippen molar-refractivity contribution in [3.8, 4) is 0 Å². The molecule has 0 aliphatic carbocycles. The van der Waals surface area contributed by atoms with Crippen LogP contribution in [0.1, 0.15) is 18.9 Å². The monoisotopic (exact) mass is 255 g/mol. The second-order valence-corrected chi connectivity index (χ2v) is 3.66. The van der Waals surface area contributed by atoms with Gasteiger partial charge in [-0.25, -0.2) is 4.79 Å². The Bertz CT molecular complexity index is 393. The Kier molecular flexibility index (Phi) is 6.10. The molecule has 0 N–H and O–H groups in total. The largest absolute Gasteiger partial charge is 0.463 e. The smallest absolute Gasteiger partial charge is 0.347 e. The Labute approximate surface area is 105 Å². The molecule has 0 atom stereocenters. The average molecular weight is 256 g/mol. The molecule has 0 saturated carbocycles. The quantitative estimate of drug-likeness (QED) is 0.446. The van der Waals surface area contributed by atoms with Gasteiger partial charge in [-0.05, 0) is 12.5 Å². The van der Waals surface area contributed by atoms with Crippen LogP contribution in [0.5, 0.6) is 0 Å². The first kappa shape index (κ1) is 13.5. The van der Waals surface area contributed by atoms with Crippen molar-refractivity contribution in [1.29, 1.82) is 0 Å². The fraction of sp³-hybridized carbons (Fsp3) is 0.333. The second kappa shape index (κ2) is 7.68. The standard InChI is InChI=1S/C12H14ClNO3/c1-2-7-16-12(15)9-17-14-8-10-5-3-4-6-11(10)13/h3-6,8H,2,7,9H2,1H3/b14-8+. The van der Waals surface area contributed by atoms with Crippen molar-refractivity contribution in [2.45, 2.75) is 13.3 Å². The fourth-order valence-corrected chi connectivity index (χ4v) is 1.21. The van der Waals surface area contributed by atoms with E-state index in [2.05, 4.69) is 5.16 Å². The van der Waals surface area contributed by atoms with Gasteiger partial charge in [-0.2, -0.15) is 0 Å². The van der Waals surface area contributed by atoms with Crippen LogP contribution in [0.4, 0.5) is 0 Å². The van der Waals surface area contributed by atoms with E-state index in [1.54, 1.807) is 12.1 Å². The van der Waals surface area contributed by atoms with E-state index in [-0.39, 0.29) is 6.61 Å². The molecule has 0 radical (unpaired) electrons. The highest BCUT2D eigenvalue weighted by molar-refractivity contribution is 6.33. The highest BCUT2D eigenvalue weighted by atomic mass is 35.5. The van der Waals surface area contributed by atoms with Crippen molar-refractivity contribution >= 4 is 23.8 Å². The number of nitrogens with zero attached hydrogens (tertiary/aromatic N) is 1. The summed E-state index contributed by atoms with van der Waals surface area (Å²) in [4.78, 5) is 15.8. The van der Waals surface area contributed by atoms with Crippen molar-refractivity contribution in [3.05, 3.63) is 34.9 Å². The Balaban J connectivity index is 2.31. The van der Waals surface area contributed by atoms with E-state index >= 15 is 0 Å². The summed E-state index contributed by atoms with van der Waals surface area (Å²) in [7, 11) is 0. The van der Waals surface area contributed by atoms with Crippen molar-refractivity contribution < 1.29 is 14.4 Å². The first-order valence-electron chi connectivity index (χ1n) is 5.29. The van der Waals surface area contributed by atoms with Crippen LogP contribution in [0.15, 0.2) is 29.4 Å². The van der Waals surface area contributed by atoms with Crippen molar-refractivity contribution in [1.82, 2.24) is 0 Å². The van der Waals surface area contributed by atoms with E-state index in [4.69, 9.17) is 21.2 Å². The topological polar surface area (TPSA) is 47.9 Å². The number of oxime groups is 1. The Morgan fingerprint density at radius 3 is 2.94 bits per heavy atom. The van der Waals surface area contributed by atoms with Crippen LogP contribution in [-0.2, 0) is 14.4 Å². The third-order valence-electron chi connectivity index (χ3n) is 1.82. The van der Waals surface area contributed by atoms with Crippen LogP contribution in [0, 0.1) is 0 Å². The zero-order valence-electron chi connectivity index (χ0n) is 9.56. The molecule has 0 aliphatic rings. The van der Waals surface area contributed by atoms with Gasteiger partial charge in [0.05, 0.1) is 12.8 Å². The van der Waals surface area contributed by atoms with E-state index in [0.29, 0.717) is 11.6 Å². The minimum Gasteiger partial charge on any atom is -0.463 e. The fourth-order valence-electron chi connectivity index (χ4n) is 1.02. The number of hydrogen-bond donors (Lipinski definition) is 0. The first-order valence-corrected chi connectivity index (χ1v) is 5.67. The molecule has 0 amide bonds. The summed E-state index contributed by atoms with van der Waals surface area (Å²) in [5.74, 6) is -0.428. The molecule has 1 aromatic rings. The van der Waals surface area contributed by atoms with Crippen LogP contribution < -0.4 is 0 Å². The maximum atomic E-state index is 11.0. The van der Waals surface area contributed by atoms with Crippen molar-refractivity contribution in [2.24, 2.45) is 5.16 Å². The molecular weight excluding hydrogens is 242 g/mol. The number of esters is 1. The molecule has 17 heavy (non-hydrogen) atoms. The van der Waals surface area contributed by atoms with Gasteiger partial charge in [0, 0.05) is 10.6 Å². The van der Waals surface area contributed by atoms with Crippen molar-refractivity contribution in [2.75, 3.05) is 13.2 Å². The Morgan fingerprint density at radius 2 is 2.24 bits per heavy atom. The Morgan fingerprint density at radius 1 is 1.47 bits per heavy atom. The third kappa shape index (κ3) is 5.36. The lowest BCUT2D eigenvalue weighted by Gasteiger charge is -2.01. The third-order valence-corrected chi connectivity index (χ3v) is 2.17. The van der Waals surface area contributed by atoms with E-state index in [1.807, 2.05) is 19.1 Å². The highest BCUT2D eigenvalue weighted by Crippen LogP contribution is 2.12. The molecule has 0 fully saturated rings. The summed E-state index contributed by atoms with van der Waals surface area (Å²) < 4.78 is 4.80. The molecule has 0 heterocycles. The molecule has 5 heteroatoms. The van der Waals surface area contributed by atoms with E-state index in [1.165, 1.54) is 6.21 Å². The minimum atomic E-state index is -0.428. The zero-order valence-corrected chi connectivity index (χ0v) is 10.3. The highest BCUT2D eigenvalue weighted by Gasteiger charge is 2.01. The van der Waals surface area contributed by atoms with Gasteiger partial charge in [-0.1, -0.05) is 41.9 Å². The SMILES string of the molecule is CCCOC(=O)CO/N=C/c1ccccc1Cl. The van der Waals surface area contributed by atoms with Crippen molar-refractivity contribution in [3.63, 3.8) is 0 Å². The van der Waals surface area contributed by atoms with Gasteiger partial charge < -0.3 is 9.57 Å². The van der Waals surface area contributed by atoms with Gasteiger partial charge in [-0.15, -0.1) is 0 Å². The molecule has 0 bridgehead atoms. The summed E-state index contributed by atoms with van der Waals surface area (Å²) in [6.45, 7) is 2.13. The van der Waals surface area contributed by atoms with E-state index in [0.717, 1.165) is 12.0 Å². The minimum absolute atomic E-state index is 0.193. The summed E-state index contributed by atoms with van der Waals surface area (Å²) >= 11 is 5.90. The van der Waals surface area contributed by atoms with Gasteiger partial charge in [0.1, 0.15) is 0 Å². The number of carbonyl (C=O) groups excluding carboxylic acids is 1. The lowest BCUT2D eigenvalue weighted by Crippen LogP contribution is -2.11. The number of ether oxygens (including phenoxy) is 1. The van der Waals surface area contributed by atoms with Gasteiger partial charge in [0.25, 0.3) is 0 Å². The van der Waals surface area contributed by atoms with Gasteiger partial charge in [0.15, 0.2) is 0 Å². The summed E-state index contributed by atoms with van der Waals surface area (Å²) in [5.41, 5.74) is 0.732. The van der Waals surface area contributed by atoms with Crippen LogP contribution in [0.2, 0.25) is 5.02 Å². The predicted octanol–water partition coefficient (Wildman–Crippen LogP) is 2.64. The van der Waals surface area contributed by atoms with Gasteiger partial charge in [-0.3, -0.25) is 0 Å². The number of halogens is 1. The maximum absolute atomic E-state index is 11.0. The van der Waals surface area contributed by atoms with Crippen LogP contribution in [0.25, 0.3) is 0 Å². The van der Waals surface area contributed by atoms with Gasteiger partial charge >= 0.3 is 5.97 Å². The predicted molar refractivity (Wildman–Crippen MR) is 66.2 cm³/mol. The summed E-state index contributed by atoms with van der Waals surface area (Å²) in [6, 6.07) is 7.20. The number of benzene rings is 1. The average Bonchev–Trinajstić information content (AvgIpc) is 2.34. The molecule has 0 aliphatic heterocycles. The molecule has 0 saturated heterocycles. The molecule has 4 nitrogen and oxygen atoms in total. The van der Waals surface area contributed by atoms with Crippen LogP contribution in [-0.4, -0.2) is 25.4 Å². The van der Waals surface area contributed by atoms with Crippen LogP contribution >= 0.6 is 11.6 Å². The summed E-state index contributed by atoms with van der Waals surface area (Å²) in [5, 5.41) is 4.22. The number of carbonyl (C=O) groups is 1. The first-order chi connectivity index (χ1) is 8.24. The van der Waals surface area contributed by atoms with E-state index < -0.39 is 5.97 Å². The Hall–Kier alpha value is -1.55. The normalized spacial score (nSPS) is 10.5. The van der Waals surface area contributed by atoms with E-state index in [9.17, 15) is 4.79 Å². The maximum Gasteiger partial charge on any atom is 0.347 e. The molecule has 0 unspecified atom stereocenters. The summed E-state index contributed by atoms with van der Waals surface area (Å²) in [6.07, 6.45) is 2.24.